The fraction of sp³-hybridized carbons (Fsp3) is 0.0556. The van der Waals surface area contributed by atoms with Crippen molar-refractivity contribution in [1.29, 1.82) is 0 Å². The van der Waals surface area contributed by atoms with Crippen LogP contribution in [0.5, 0.6) is 5.75 Å². The van der Waals surface area contributed by atoms with Crippen LogP contribution in [0.4, 0.5) is 0 Å². The summed E-state index contributed by atoms with van der Waals surface area (Å²) in [7, 11) is 1.65. The third-order valence-corrected chi connectivity index (χ3v) is 4.32. The van der Waals surface area contributed by atoms with Gasteiger partial charge in [0.25, 0.3) is 0 Å². The first-order valence-electron chi connectivity index (χ1n) is 7.18. The summed E-state index contributed by atoms with van der Waals surface area (Å²) in [4.78, 5) is 9.32. The predicted molar refractivity (Wildman–Crippen MR) is 92.6 cm³/mol. The summed E-state index contributed by atoms with van der Waals surface area (Å²) in [5.41, 5.74) is 2.65. The number of pyridine rings is 1. The quantitative estimate of drug-likeness (QED) is 0.560. The van der Waals surface area contributed by atoms with Crippen LogP contribution < -0.4 is 4.74 Å². The summed E-state index contributed by atoms with van der Waals surface area (Å²) >= 11 is 1.36. The number of methoxy groups -OCH3 is 1. The number of rotatable bonds is 3. The number of fused-ring (bicyclic) bond motifs is 1. The molecule has 2 aromatic carbocycles. The van der Waals surface area contributed by atoms with Gasteiger partial charge in [-0.2, -0.15) is 4.37 Å². The molecule has 4 nitrogen and oxygen atoms in total. The van der Waals surface area contributed by atoms with E-state index in [1.54, 1.807) is 7.11 Å². The molecule has 2 heterocycles. The highest BCUT2D eigenvalue weighted by atomic mass is 32.1. The highest BCUT2D eigenvalue weighted by molar-refractivity contribution is 7.09. The third-order valence-electron chi connectivity index (χ3n) is 3.58. The molecule has 0 aliphatic heterocycles. The second-order valence-electron chi connectivity index (χ2n) is 5.02. The van der Waals surface area contributed by atoms with E-state index in [4.69, 9.17) is 9.72 Å². The minimum atomic E-state index is 0.729. The zero-order valence-electron chi connectivity index (χ0n) is 12.4. The van der Waals surface area contributed by atoms with Crippen molar-refractivity contribution in [3.05, 3.63) is 60.7 Å². The van der Waals surface area contributed by atoms with Crippen molar-refractivity contribution >= 4 is 22.4 Å². The Morgan fingerprint density at radius 3 is 2.57 bits per heavy atom. The Morgan fingerprint density at radius 2 is 1.74 bits per heavy atom. The first-order chi connectivity index (χ1) is 11.3. The van der Waals surface area contributed by atoms with Crippen LogP contribution in [-0.2, 0) is 0 Å². The number of aromatic nitrogens is 3. The average Bonchev–Trinajstić information content (AvgIpc) is 3.11. The highest BCUT2D eigenvalue weighted by Crippen LogP contribution is 2.29. The van der Waals surface area contributed by atoms with Gasteiger partial charge in [-0.05, 0) is 23.7 Å². The van der Waals surface area contributed by atoms with Crippen LogP contribution in [0.3, 0.4) is 0 Å². The standard InChI is InChI=1S/C18H13N3OS/c1-22-15-9-5-8-12-10-11-14(19-16(12)15)18-20-17(21-23-18)13-6-3-2-4-7-13/h2-11H,1H3. The fourth-order valence-corrected chi connectivity index (χ4v) is 3.09. The van der Waals surface area contributed by atoms with E-state index < -0.39 is 0 Å². The SMILES string of the molecule is COc1cccc2ccc(-c3nc(-c4ccccc4)ns3)nc12. The van der Waals surface area contributed by atoms with Gasteiger partial charge in [-0.1, -0.05) is 48.5 Å². The maximum absolute atomic E-state index is 5.40. The molecule has 0 spiro atoms. The van der Waals surface area contributed by atoms with Crippen LogP contribution in [0.2, 0.25) is 0 Å². The van der Waals surface area contributed by atoms with Crippen molar-refractivity contribution in [2.24, 2.45) is 0 Å². The minimum Gasteiger partial charge on any atom is -0.494 e. The summed E-state index contributed by atoms with van der Waals surface area (Å²) in [5, 5.41) is 1.84. The normalized spacial score (nSPS) is 10.8. The first kappa shape index (κ1) is 13.8. The van der Waals surface area contributed by atoms with E-state index >= 15 is 0 Å². The molecule has 0 unspecified atom stereocenters. The van der Waals surface area contributed by atoms with Gasteiger partial charge >= 0.3 is 0 Å². The van der Waals surface area contributed by atoms with Crippen molar-refractivity contribution in [3.63, 3.8) is 0 Å². The Kier molecular flexibility index (Phi) is 3.48. The Labute approximate surface area is 137 Å². The average molecular weight is 319 g/mol. The van der Waals surface area contributed by atoms with Crippen LogP contribution in [0.15, 0.2) is 60.7 Å². The predicted octanol–water partition coefficient (Wildman–Crippen LogP) is 4.43. The highest BCUT2D eigenvalue weighted by Gasteiger charge is 2.11. The van der Waals surface area contributed by atoms with Gasteiger partial charge in [0.1, 0.15) is 17.0 Å². The number of para-hydroxylation sites is 1. The molecule has 0 amide bonds. The maximum atomic E-state index is 5.40. The molecule has 0 saturated heterocycles. The van der Waals surface area contributed by atoms with Crippen molar-refractivity contribution in [2.75, 3.05) is 7.11 Å². The van der Waals surface area contributed by atoms with Gasteiger partial charge in [0, 0.05) is 10.9 Å². The minimum absolute atomic E-state index is 0.729. The summed E-state index contributed by atoms with van der Waals surface area (Å²) in [5.74, 6) is 1.49. The smallest absolute Gasteiger partial charge is 0.173 e. The molecule has 112 valence electrons. The molecule has 0 fully saturated rings. The zero-order valence-corrected chi connectivity index (χ0v) is 13.2. The molecular weight excluding hydrogens is 306 g/mol. The Hall–Kier alpha value is -2.79. The van der Waals surface area contributed by atoms with Crippen LogP contribution in [0.1, 0.15) is 0 Å². The van der Waals surface area contributed by atoms with Gasteiger partial charge in [0.15, 0.2) is 10.8 Å². The molecule has 0 aliphatic rings. The molecule has 4 aromatic rings. The van der Waals surface area contributed by atoms with Crippen molar-refractivity contribution in [3.8, 4) is 27.8 Å². The lowest BCUT2D eigenvalue weighted by Gasteiger charge is -2.05. The Bertz CT molecular complexity index is 966. The van der Waals surface area contributed by atoms with Crippen LogP contribution in [-0.4, -0.2) is 21.5 Å². The molecule has 0 saturated carbocycles. The zero-order chi connectivity index (χ0) is 15.6. The van der Waals surface area contributed by atoms with E-state index in [1.807, 2.05) is 60.7 Å². The fourth-order valence-electron chi connectivity index (χ4n) is 2.44. The molecule has 4 rings (SSSR count). The van der Waals surface area contributed by atoms with Crippen molar-refractivity contribution in [1.82, 2.24) is 14.3 Å². The number of ether oxygens (including phenoxy) is 1. The largest absolute Gasteiger partial charge is 0.494 e. The van der Waals surface area contributed by atoms with Crippen molar-refractivity contribution < 1.29 is 4.74 Å². The van der Waals surface area contributed by atoms with Gasteiger partial charge in [0.05, 0.1) is 7.11 Å². The molecule has 5 heteroatoms. The molecule has 0 N–H and O–H groups in total. The number of nitrogens with zero attached hydrogens (tertiary/aromatic N) is 3. The topological polar surface area (TPSA) is 47.9 Å². The second-order valence-corrected chi connectivity index (χ2v) is 5.77. The van der Waals surface area contributed by atoms with Gasteiger partial charge in [-0.15, -0.1) is 0 Å². The summed E-state index contributed by atoms with van der Waals surface area (Å²) in [6.07, 6.45) is 0. The van der Waals surface area contributed by atoms with Crippen LogP contribution in [0.25, 0.3) is 33.0 Å². The maximum Gasteiger partial charge on any atom is 0.173 e. The first-order valence-corrected chi connectivity index (χ1v) is 7.96. The molecule has 0 bridgehead atoms. The Balaban J connectivity index is 1.79. The van der Waals surface area contributed by atoms with Gasteiger partial charge < -0.3 is 4.74 Å². The third kappa shape index (κ3) is 2.55. The number of hydrogen-bond donors (Lipinski definition) is 0. The van der Waals surface area contributed by atoms with E-state index in [2.05, 4.69) is 9.36 Å². The molecule has 0 aliphatic carbocycles. The lowest BCUT2D eigenvalue weighted by atomic mass is 10.2. The lowest BCUT2D eigenvalue weighted by molar-refractivity contribution is 0.419. The van der Waals surface area contributed by atoms with Crippen molar-refractivity contribution in [2.45, 2.75) is 0 Å². The lowest BCUT2D eigenvalue weighted by Crippen LogP contribution is -1.90. The summed E-state index contributed by atoms with van der Waals surface area (Å²) < 4.78 is 9.84. The monoisotopic (exact) mass is 319 g/mol. The Morgan fingerprint density at radius 1 is 0.870 bits per heavy atom. The van der Waals surface area contributed by atoms with Crippen LogP contribution >= 0.6 is 11.5 Å². The van der Waals surface area contributed by atoms with Crippen LogP contribution in [0, 0.1) is 0 Å². The van der Waals surface area contributed by atoms with Gasteiger partial charge in [0.2, 0.25) is 0 Å². The van der Waals surface area contributed by atoms with E-state index in [-0.39, 0.29) is 0 Å². The summed E-state index contributed by atoms with van der Waals surface area (Å²) in [6, 6.07) is 19.8. The second kappa shape index (κ2) is 5.78. The number of benzene rings is 2. The molecule has 0 radical (unpaired) electrons. The van der Waals surface area contributed by atoms with E-state index in [0.717, 1.165) is 38.7 Å². The number of hydrogen-bond acceptors (Lipinski definition) is 5. The van der Waals surface area contributed by atoms with E-state index in [0.29, 0.717) is 0 Å². The molecule has 0 atom stereocenters. The molecule has 2 aromatic heterocycles. The molecular formula is C18H13N3OS. The molecule has 23 heavy (non-hydrogen) atoms. The summed E-state index contributed by atoms with van der Waals surface area (Å²) in [6.45, 7) is 0. The van der Waals surface area contributed by atoms with Gasteiger partial charge in [-0.25, -0.2) is 9.97 Å². The van der Waals surface area contributed by atoms with Gasteiger partial charge in [-0.3, -0.25) is 0 Å². The van der Waals surface area contributed by atoms with E-state index in [9.17, 15) is 0 Å². The van der Waals surface area contributed by atoms with E-state index in [1.165, 1.54) is 11.5 Å².